The Morgan fingerprint density at radius 1 is 1.07 bits per heavy atom. The van der Waals surface area contributed by atoms with E-state index < -0.39 is 5.60 Å². The number of methoxy groups -OCH3 is 1. The minimum Gasteiger partial charge on any atom is -0.496 e. The molecule has 27 heavy (non-hydrogen) atoms. The number of fused-ring (bicyclic) bond motifs is 1. The quantitative estimate of drug-likeness (QED) is 0.833. The zero-order valence-corrected chi connectivity index (χ0v) is 16.5. The first-order chi connectivity index (χ1) is 13.1. The van der Waals surface area contributed by atoms with Crippen LogP contribution in [0.1, 0.15) is 36.0 Å². The molecule has 1 aliphatic carbocycles. The number of piperidine rings is 1. The fourth-order valence-corrected chi connectivity index (χ4v) is 4.54. The van der Waals surface area contributed by atoms with Crippen LogP contribution in [-0.4, -0.2) is 36.8 Å². The van der Waals surface area contributed by atoms with Crippen molar-refractivity contribution in [1.29, 1.82) is 0 Å². The van der Waals surface area contributed by atoms with E-state index in [0.717, 1.165) is 67.2 Å². The van der Waals surface area contributed by atoms with E-state index in [1.54, 1.807) is 7.11 Å². The maximum Gasteiger partial charge on any atom is 0.122 e. The highest BCUT2D eigenvalue weighted by atomic mass is 35.5. The third-order valence-corrected chi connectivity index (χ3v) is 6.28. The Morgan fingerprint density at radius 2 is 1.81 bits per heavy atom. The molecule has 0 atom stereocenters. The van der Waals surface area contributed by atoms with Gasteiger partial charge in [-0.2, -0.15) is 0 Å². The van der Waals surface area contributed by atoms with Crippen molar-refractivity contribution in [2.75, 3.05) is 26.7 Å². The molecule has 142 valence electrons. The van der Waals surface area contributed by atoms with Crippen molar-refractivity contribution >= 4 is 17.7 Å². The van der Waals surface area contributed by atoms with Gasteiger partial charge < -0.3 is 9.84 Å². The third-order valence-electron chi connectivity index (χ3n) is 5.95. The summed E-state index contributed by atoms with van der Waals surface area (Å²) in [6.07, 6.45) is 5.78. The molecule has 4 heteroatoms. The van der Waals surface area contributed by atoms with Crippen molar-refractivity contribution < 1.29 is 9.84 Å². The molecule has 1 saturated heterocycles. The van der Waals surface area contributed by atoms with Crippen molar-refractivity contribution in [2.24, 2.45) is 0 Å². The summed E-state index contributed by atoms with van der Waals surface area (Å²) in [5.74, 6) is 0.926. The highest BCUT2D eigenvalue weighted by Gasteiger charge is 2.34. The molecule has 2 aromatic rings. The fraction of sp³-hybridized carbons (Fsp3) is 0.391. The number of rotatable bonds is 4. The first-order valence-corrected chi connectivity index (χ1v) is 10.0. The van der Waals surface area contributed by atoms with Gasteiger partial charge in [0.05, 0.1) is 12.7 Å². The van der Waals surface area contributed by atoms with Crippen LogP contribution in [0.5, 0.6) is 5.75 Å². The molecule has 0 amide bonds. The van der Waals surface area contributed by atoms with Gasteiger partial charge in [-0.15, -0.1) is 0 Å². The normalized spacial score (nSPS) is 19.3. The predicted molar refractivity (Wildman–Crippen MR) is 110 cm³/mol. The molecule has 0 aromatic heterocycles. The maximum atomic E-state index is 11.0. The molecule has 4 rings (SSSR count). The summed E-state index contributed by atoms with van der Waals surface area (Å²) in [6.45, 7) is 2.75. The SMILES string of the molecule is COc1ccc(Cl)c2c1CCC(CN1CCC(O)(c3ccccc3)CC1)=C2. The van der Waals surface area contributed by atoms with Gasteiger partial charge >= 0.3 is 0 Å². The lowest BCUT2D eigenvalue weighted by molar-refractivity contribution is -0.0240. The molecule has 1 fully saturated rings. The van der Waals surface area contributed by atoms with E-state index >= 15 is 0 Å². The third kappa shape index (κ3) is 3.77. The molecule has 2 aromatic carbocycles. The molecular weight excluding hydrogens is 358 g/mol. The van der Waals surface area contributed by atoms with Gasteiger partial charge in [0.1, 0.15) is 5.75 Å². The van der Waals surface area contributed by atoms with E-state index in [4.69, 9.17) is 16.3 Å². The Kier molecular flexibility index (Phi) is 5.27. The molecule has 1 aliphatic heterocycles. The molecule has 0 radical (unpaired) electrons. The Balaban J connectivity index is 1.44. The van der Waals surface area contributed by atoms with Gasteiger partial charge in [0, 0.05) is 30.2 Å². The van der Waals surface area contributed by atoms with Crippen molar-refractivity contribution in [3.63, 3.8) is 0 Å². The first kappa shape index (κ1) is 18.5. The molecule has 0 bridgehead atoms. The van der Waals surface area contributed by atoms with Crippen LogP contribution in [0.3, 0.4) is 0 Å². The Morgan fingerprint density at radius 3 is 2.52 bits per heavy atom. The lowest BCUT2D eigenvalue weighted by atomic mass is 9.84. The highest BCUT2D eigenvalue weighted by Crippen LogP contribution is 2.37. The van der Waals surface area contributed by atoms with Gasteiger partial charge in [-0.25, -0.2) is 0 Å². The number of halogens is 1. The first-order valence-electron chi connectivity index (χ1n) is 9.64. The largest absolute Gasteiger partial charge is 0.496 e. The van der Waals surface area contributed by atoms with Crippen LogP contribution in [0.2, 0.25) is 5.02 Å². The van der Waals surface area contributed by atoms with E-state index in [-0.39, 0.29) is 0 Å². The van der Waals surface area contributed by atoms with Gasteiger partial charge in [0.2, 0.25) is 0 Å². The second-order valence-corrected chi connectivity index (χ2v) is 8.03. The lowest BCUT2D eigenvalue weighted by Gasteiger charge is -2.39. The van der Waals surface area contributed by atoms with E-state index in [1.165, 1.54) is 11.1 Å². The van der Waals surface area contributed by atoms with E-state index in [0.29, 0.717) is 0 Å². The standard InChI is InChI=1S/C23H26ClNO2/c1-27-22-10-9-21(24)20-15-17(7-8-19(20)22)16-25-13-11-23(26,12-14-25)18-5-3-2-4-6-18/h2-6,9-10,15,26H,7-8,11-14,16H2,1H3. The molecule has 3 nitrogen and oxygen atoms in total. The van der Waals surface area contributed by atoms with Crippen molar-refractivity contribution in [3.05, 3.63) is 69.8 Å². The van der Waals surface area contributed by atoms with E-state index in [9.17, 15) is 5.11 Å². The second-order valence-electron chi connectivity index (χ2n) is 7.62. The average molecular weight is 384 g/mol. The molecule has 0 spiro atoms. The minimum absolute atomic E-state index is 0.692. The Labute approximate surface area is 166 Å². The number of likely N-dealkylation sites (tertiary alicyclic amines) is 1. The van der Waals surface area contributed by atoms with E-state index in [1.807, 2.05) is 42.5 Å². The topological polar surface area (TPSA) is 32.7 Å². The van der Waals surface area contributed by atoms with Gasteiger partial charge in [-0.1, -0.05) is 53.6 Å². The Bertz CT molecular complexity index is 839. The lowest BCUT2D eigenvalue weighted by Crippen LogP contribution is -2.43. The summed E-state index contributed by atoms with van der Waals surface area (Å²) >= 11 is 6.44. The summed E-state index contributed by atoms with van der Waals surface area (Å²) in [4.78, 5) is 2.45. The van der Waals surface area contributed by atoms with Crippen LogP contribution < -0.4 is 4.74 Å². The number of benzene rings is 2. The maximum absolute atomic E-state index is 11.0. The van der Waals surface area contributed by atoms with E-state index in [2.05, 4.69) is 11.0 Å². The smallest absolute Gasteiger partial charge is 0.122 e. The summed E-state index contributed by atoms with van der Waals surface area (Å²) in [5.41, 5.74) is 4.07. The van der Waals surface area contributed by atoms with Crippen LogP contribution in [0.4, 0.5) is 0 Å². The number of aliphatic hydroxyl groups is 1. The van der Waals surface area contributed by atoms with Crippen LogP contribution in [0.25, 0.3) is 6.08 Å². The monoisotopic (exact) mass is 383 g/mol. The number of hydrogen-bond donors (Lipinski definition) is 1. The van der Waals surface area contributed by atoms with Gasteiger partial charge in [0.15, 0.2) is 0 Å². The fourth-order valence-electron chi connectivity index (χ4n) is 4.31. The summed E-state index contributed by atoms with van der Waals surface area (Å²) in [6, 6.07) is 13.9. The number of ether oxygens (including phenoxy) is 1. The summed E-state index contributed by atoms with van der Waals surface area (Å²) < 4.78 is 5.49. The zero-order valence-electron chi connectivity index (χ0n) is 15.7. The van der Waals surface area contributed by atoms with Crippen molar-refractivity contribution in [3.8, 4) is 5.75 Å². The van der Waals surface area contributed by atoms with Crippen molar-refractivity contribution in [1.82, 2.24) is 4.90 Å². The van der Waals surface area contributed by atoms with Crippen LogP contribution in [0, 0.1) is 0 Å². The predicted octanol–water partition coefficient (Wildman–Crippen LogP) is 4.66. The minimum atomic E-state index is -0.692. The van der Waals surface area contributed by atoms with Gasteiger partial charge in [0.25, 0.3) is 0 Å². The number of hydrogen-bond acceptors (Lipinski definition) is 3. The van der Waals surface area contributed by atoms with Crippen LogP contribution in [-0.2, 0) is 12.0 Å². The van der Waals surface area contributed by atoms with Gasteiger partial charge in [-0.05, 0) is 48.9 Å². The molecule has 0 unspecified atom stereocenters. The highest BCUT2D eigenvalue weighted by molar-refractivity contribution is 6.32. The van der Waals surface area contributed by atoms with Gasteiger partial charge in [-0.3, -0.25) is 4.90 Å². The average Bonchev–Trinajstić information content (AvgIpc) is 2.71. The molecule has 2 aliphatic rings. The second kappa shape index (κ2) is 7.67. The molecule has 1 heterocycles. The zero-order chi connectivity index (χ0) is 18.9. The summed E-state index contributed by atoms with van der Waals surface area (Å²) in [5, 5.41) is 11.8. The van der Waals surface area contributed by atoms with Crippen molar-refractivity contribution in [2.45, 2.75) is 31.3 Å². The Hall–Kier alpha value is -1.81. The van der Waals surface area contributed by atoms with Crippen LogP contribution >= 0.6 is 11.6 Å². The molecule has 0 saturated carbocycles. The summed E-state index contributed by atoms with van der Waals surface area (Å²) in [7, 11) is 1.71. The molecular formula is C23H26ClNO2. The number of nitrogens with zero attached hydrogens (tertiary/aromatic N) is 1. The van der Waals surface area contributed by atoms with Crippen LogP contribution in [0.15, 0.2) is 48.0 Å². The molecule has 1 N–H and O–H groups in total.